The summed E-state index contributed by atoms with van der Waals surface area (Å²) in [7, 11) is 0. The molecule has 0 aliphatic carbocycles. The van der Waals surface area contributed by atoms with Crippen molar-refractivity contribution in [3.8, 4) is 0 Å². The van der Waals surface area contributed by atoms with Crippen molar-refractivity contribution in [2.75, 3.05) is 0 Å². The Morgan fingerprint density at radius 2 is 1.78 bits per heavy atom. The summed E-state index contributed by atoms with van der Waals surface area (Å²) in [6.45, 7) is 0. The summed E-state index contributed by atoms with van der Waals surface area (Å²) < 4.78 is 1.37. The maximum atomic E-state index is 5.67. The fourth-order valence-electron chi connectivity index (χ4n) is 0.495. The molecule has 0 radical (unpaired) electrons. The van der Waals surface area contributed by atoms with E-state index in [1.165, 1.54) is 4.46 Å². The van der Waals surface area contributed by atoms with Gasteiger partial charge in [-0.15, -0.1) is 0 Å². The van der Waals surface area contributed by atoms with E-state index in [-0.39, 0.29) is 0 Å². The standard InChI is InChI=1S/C6H5ClSe2/c7-5-1-3-6(9-8)4-2-5/h1-4,8H. The molecule has 48 valence electrons. The molecule has 1 aromatic rings. The van der Waals surface area contributed by atoms with Crippen LogP contribution in [0.2, 0.25) is 5.02 Å². The van der Waals surface area contributed by atoms with Crippen LogP contribution in [0.3, 0.4) is 0 Å². The van der Waals surface area contributed by atoms with Crippen LogP contribution in [0.1, 0.15) is 0 Å². The van der Waals surface area contributed by atoms with Gasteiger partial charge in [0.2, 0.25) is 0 Å². The molecule has 1 rings (SSSR count). The molecule has 0 aliphatic rings. The average Bonchev–Trinajstić information content (AvgIpc) is 1.90. The molecule has 0 N–H and O–H groups in total. The van der Waals surface area contributed by atoms with Gasteiger partial charge >= 0.3 is 72.7 Å². The second-order valence-corrected chi connectivity index (χ2v) is 5.34. The van der Waals surface area contributed by atoms with Gasteiger partial charge in [0.05, 0.1) is 0 Å². The molecule has 1 aromatic carbocycles. The number of benzene rings is 1. The monoisotopic (exact) mass is 272 g/mol. The summed E-state index contributed by atoms with van der Waals surface area (Å²) in [4.78, 5) is 0. The molecular weight excluding hydrogens is 265 g/mol. The molecule has 9 heavy (non-hydrogen) atoms. The number of hydrogen-bond acceptors (Lipinski definition) is 0. The first kappa shape index (κ1) is 7.65. The number of hydrogen-bond donors (Lipinski definition) is 0. The van der Waals surface area contributed by atoms with Crippen LogP contribution in [-0.4, -0.2) is 27.3 Å². The summed E-state index contributed by atoms with van der Waals surface area (Å²) in [6, 6.07) is 7.96. The zero-order valence-corrected chi connectivity index (χ0v) is 8.89. The van der Waals surface area contributed by atoms with E-state index in [9.17, 15) is 0 Å². The van der Waals surface area contributed by atoms with E-state index in [4.69, 9.17) is 11.6 Å². The Hall–Kier alpha value is 0.549. The molecular formula is C6H5ClSe2. The Bertz CT molecular complexity index is 183. The van der Waals surface area contributed by atoms with Crippen molar-refractivity contribution < 1.29 is 0 Å². The zero-order chi connectivity index (χ0) is 6.69. The third-order valence-corrected chi connectivity index (χ3v) is 4.48. The van der Waals surface area contributed by atoms with Crippen molar-refractivity contribution in [3.05, 3.63) is 29.3 Å². The summed E-state index contributed by atoms with van der Waals surface area (Å²) >= 11 is 8.80. The number of halogens is 1. The molecule has 0 heterocycles. The predicted octanol–water partition coefficient (Wildman–Crippen LogP) is 0.485. The van der Waals surface area contributed by atoms with Gasteiger partial charge in [-0.05, 0) is 0 Å². The SMILES string of the molecule is Clc1ccc([Se][SeH])cc1. The molecule has 0 spiro atoms. The van der Waals surface area contributed by atoms with E-state index in [1.54, 1.807) is 0 Å². The van der Waals surface area contributed by atoms with Crippen molar-refractivity contribution in [1.82, 2.24) is 0 Å². The van der Waals surface area contributed by atoms with Crippen LogP contribution in [0, 0.1) is 0 Å². The maximum absolute atomic E-state index is 5.67. The minimum absolute atomic E-state index is 0.539. The van der Waals surface area contributed by atoms with Crippen molar-refractivity contribution in [3.63, 3.8) is 0 Å². The molecule has 0 atom stereocenters. The Morgan fingerprint density at radius 3 is 2.22 bits per heavy atom. The molecule has 0 bridgehead atoms. The molecule has 0 saturated heterocycles. The average molecular weight is 270 g/mol. The van der Waals surface area contributed by atoms with Crippen LogP contribution >= 0.6 is 11.6 Å². The van der Waals surface area contributed by atoms with E-state index >= 15 is 0 Å². The Kier molecular flexibility index (Phi) is 3.11. The second-order valence-electron chi connectivity index (χ2n) is 1.55. The summed E-state index contributed by atoms with van der Waals surface area (Å²) in [5.41, 5.74) is 0. The Balaban J connectivity index is 2.88. The van der Waals surface area contributed by atoms with Crippen LogP contribution < -0.4 is 4.46 Å². The first-order valence-corrected chi connectivity index (χ1v) is 8.38. The number of rotatable bonds is 1. The van der Waals surface area contributed by atoms with E-state index in [0.29, 0.717) is 13.1 Å². The fraction of sp³-hybridized carbons (Fsp3) is 0. The molecule has 0 amide bonds. The molecule has 3 heteroatoms. The van der Waals surface area contributed by atoms with E-state index in [2.05, 4.69) is 26.3 Å². The van der Waals surface area contributed by atoms with Gasteiger partial charge < -0.3 is 0 Å². The Morgan fingerprint density at radius 1 is 1.22 bits per heavy atom. The molecule has 0 unspecified atom stereocenters. The molecule has 0 aromatic heterocycles. The third-order valence-electron chi connectivity index (χ3n) is 0.919. The van der Waals surface area contributed by atoms with E-state index in [0.717, 1.165) is 5.02 Å². The molecule has 0 aliphatic heterocycles. The van der Waals surface area contributed by atoms with Crippen LogP contribution in [0.15, 0.2) is 24.3 Å². The second kappa shape index (κ2) is 3.65. The van der Waals surface area contributed by atoms with Crippen LogP contribution in [0.4, 0.5) is 0 Å². The van der Waals surface area contributed by atoms with Gasteiger partial charge in [-0.3, -0.25) is 0 Å². The summed E-state index contributed by atoms with van der Waals surface area (Å²) in [5.74, 6) is 0. The van der Waals surface area contributed by atoms with E-state index in [1.807, 2.05) is 12.1 Å². The van der Waals surface area contributed by atoms with Crippen molar-refractivity contribution >= 4 is 43.4 Å². The van der Waals surface area contributed by atoms with Crippen molar-refractivity contribution in [1.29, 1.82) is 0 Å². The fourth-order valence-corrected chi connectivity index (χ4v) is 2.49. The summed E-state index contributed by atoms with van der Waals surface area (Å²) in [6.07, 6.45) is 0. The molecule has 0 saturated carbocycles. The van der Waals surface area contributed by atoms with Gasteiger partial charge in [0.1, 0.15) is 0 Å². The van der Waals surface area contributed by atoms with Gasteiger partial charge in [-0.25, -0.2) is 0 Å². The predicted molar refractivity (Wildman–Crippen MR) is 44.0 cm³/mol. The van der Waals surface area contributed by atoms with Crippen molar-refractivity contribution in [2.24, 2.45) is 0 Å². The van der Waals surface area contributed by atoms with Gasteiger partial charge in [-0.2, -0.15) is 0 Å². The topological polar surface area (TPSA) is 0 Å². The minimum atomic E-state index is 0.539. The Labute approximate surface area is 72.5 Å². The normalized spacial score (nSPS) is 9.56. The van der Waals surface area contributed by atoms with Gasteiger partial charge in [0.15, 0.2) is 0 Å². The van der Waals surface area contributed by atoms with Gasteiger partial charge in [0.25, 0.3) is 0 Å². The van der Waals surface area contributed by atoms with Gasteiger partial charge in [0, 0.05) is 0 Å². The third kappa shape index (κ3) is 2.33. The van der Waals surface area contributed by atoms with Crippen LogP contribution in [-0.2, 0) is 0 Å². The van der Waals surface area contributed by atoms with Gasteiger partial charge in [-0.1, -0.05) is 0 Å². The molecule has 0 fully saturated rings. The molecule has 0 nitrogen and oxygen atoms in total. The first-order chi connectivity index (χ1) is 4.33. The zero-order valence-electron chi connectivity index (χ0n) is 4.54. The van der Waals surface area contributed by atoms with Crippen LogP contribution in [0.25, 0.3) is 0 Å². The van der Waals surface area contributed by atoms with Crippen molar-refractivity contribution in [2.45, 2.75) is 0 Å². The first-order valence-electron chi connectivity index (χ1n) is 2.40. The summed E-state index contributed by atoms with van der Waals surface area (Å²) in [5, 5.41) is 0.815. The quantitative estimate of drug-likeness (QED) is 0.652. The van der Waals surface area contributed by atoms with Crippen LogP contribution in [0.5, 0.6) is 0 Å². The van der Waals surface area contributed by atoms with E-state index < -0.39 is 0 Å².